The number of halogens is 6. The Bertz CT molecular complexity index is 1630. The maximum absolute atomic E-state index is 13.2. The molecule has 0 aliphatic carbocycles. The fraction of sp³-hybridized carbons (Fsp3) is 0.148. The van der Waals surface area contributed by atoms with E-state index in [1.54, 1.807) is 49.4 Å². The van der Waals surface area contributed by atoms with Gasteiger partial charge in [0, 0.05) is 47.4 Å². The lowest BCUT2D eigenvalue weighted by atomic mass is 10.0. The average Bonchev–Trinajstić information content (AvgIpc) is 3.29. The van der Waals surface area contributed by atoms with Gasteiger partial charge in [0.15, 0.2) is 0 Å². The molecule has 0 radical (unpaired) electrons. The number of aryl methyl sites for hydroxylation is 2. The minimum Gasteiger partial charge on any atom is -0.383 e. The molecule has 4 rings (SSSR count). The number of amides is 1. The van der Waals surface area contributed by atoms with E-state index in [2.05, 4.69) is 27.2 Å². The molecule has 12 heteroatoms. The second-order valence-corrected chi connectivity index (χ2v) is 8.55. The monoisotopic (exact) mass is 543 g/mol. The second kappa shape index (κ2) is 10.2. The smallest absolute Gasteiger partial charge is 0.383 e. The molecule has 0 aliphatic heterocycles. The van der Waals surface area contributed by atoms with Crippen LogP contribution in [0.3, 0.4) is 0 Å². The molecule has 3 N–H and O–H groups in total. The van der Waals surface area contributed by atoms with E-state index in [-0.39, 0.29) is 23.5 Å². The fourth-order valence-electron chi connectivity index (χ4n) is 3.64. The Morgan fingerprint density at radius 3 is 2.23 bits per heavy atom. The van der Waals surface area contributed by atoms with E-state index in [0.717, 1.165) is 17.2 Å². The van der Waals surface area contributed by atoms with Crippen LogP contribution < -0.4 is 11.1 Å². The van der Waals surface area contributed by atoms with Gasteiger partial charge in [-0.05, 0) is 48.9 Å². The molecule has 0 unspecified atom stereocenters. The third-order valence-electron chi connectivity index (χ3n) is 5.68. The number of benzene rings is 2. The maximum atomic E-state index is 13.2. The Morgan fingerprint density at radius 1 is 0.897 bits per heavy atom. The Morgan fingerprint density at radius 2 is 1.59 bits per heavy atom. The lowest BCUT2D eigenvalue weighted by molar-refractivity contribution is -0.162. The molecule has 2 aromatic carbocycles. The fourth-order valence-corrected chi connectivity index (χ4v) is 3.64. The van der Waals surface area contributed by atoms with E-state index in [1.165, 1.54) is 12.1 Å². The first-order chi connectivity index (χ1) is 18.2. The second-order valence-electron chi connectivity index (χ2n) is 8.55. The predicted octanol–water partition coefficient (Wildman–Crippen LogP) is 6.06. The number of alkyl halides is 6. The summed E-state index contributed by atoms with van der Waals surface area (Å²) in [4.78, 5) is 16.9. The van der Waals surface area contributed by atoms with Crippen LogP contribution in [0.25, 0.3) is 11.1 Å². The molecule has 200 valence electrons. The number of nitrogens with zero attached hydrogens (tertiary/aromatic N) is 3. The summed E-state index contributed by atoms with van der Waals surface area (Å²) in [5.41, 5.74) is 4.91. The van der Waals surface area contributed by atoms with Gasteiger partial charge in [-0.1, -0.05) is 17.9 Å². The van der Waals surface area contributed by atoms with E-state index in [1.807, 2.05) is 0 Å². The van der Waals surface area contributed by atoms with Gasteiger partial charge in [0.05, 0.1) is 22.9 Å². The Hall–Kier alpha value is -4.79. The minimum atomic E-state index is -5.27. The molecule has 4 aromatic rings. The van der Waals surface area contributed by atoms with Gasteiger partial charge in [0.1, 0.15) is 5.82 Å². The van der Waals surface area contributed by atoms with Crippen LogP contribution in [0, 0.1) is 18.8 Å². The molecular formula is C27H19F6N5O. The van der Waals surface area contributed by atoms with Gasteiger partial charge in [-0.25, -0.2) is 4.98 Å². The van der Waals surface area contributed by atoms with Crippen LogP contribution in [-0.4, -0.2) is 20.7 Å². The van der Waals surface area contributed by atoms with Crippen molar-refractivity contribution in [3.8, 4) is 23.0 Å². The Balaban J connectivity index is 1.61. The van der Waals surface area contributed by atoms with Crippen LogP contribution in [0.2, 0.25) is 0 Å². The quantitative estimate of drug-likeness (QED) is 0.243. The van der Waals surface area contributed by atoms with Gasteiger partial charge in [0.2, 0.25) is 0 Å². The summed E-state index contributed by atoms with van der Waals surface area (Å²) in [7, 11) is 1.77. The molecule has 0 saturated heterocycles. The first-order valence-corrected chi connectivity index (χ1v) is 11.2. The summed E-state index contributed by atoms with van der Waals surface area (Å²) in [5, 5.41) is 6.33. The molecule has 1 amide bonds. The largest absolute Gasteiger partial charge is 0.417 e. The zero-order valence-electron chi connectivity index (χ0n) is 20.4. The Kier molecular flexibility index (Phi) is 7.10. The Labute approximate surface area is 218 Å². The summed E-state index contributed by atoms with van der Waals surface area (Å²) in [6.07, 6.45) is -5.45. The van der Waals surface area contributed by atoms with E-state index in [9.17, 15) is 31.1 Å². The lowest BCUT2D eigenvalue weighted by Crippen LogP contribution is -2.18. The number of rotatable bonds is 3. The van der Waals surface area contributed by atoms with Crippen molar-refractivity contribution < 1.29 is 31.1 Å². The highest BCUT2D eigenvalue weighted by molar-refractivity contribution is 6.04. The van der Waals surface area contributed by atoms with Gasteiger partial charge in [0.25, 0.3) is 5.91 Å². The van der Waals surface area contributed by atoms with Crippen molar-refractivity contribution in [2.45, 2.75) is 19.3 Å². The molecule has 0 fully saturated rings. The molecule has 0 saturated carbocycles. The number of carbonyl (C=O) groups is 1. The number of hydrogen-bond acceptors (Lipinski definition) is 4. The third-order valence-corrected chi connectivity index (χ3v) is 5.68. The highest BCUT2D eigenvalue weighted by Gasteiger charge is 2.43. The minimum absolute atomic E-state index is 0.0357. The number of anilines is 2. The van der Waals surface area contributed by atoms with Gasteiger partial charge in [-0.15, -0.1) is 0 Å². The standard InChI is InChI=1S/C27H19F6N5O/c1-15-3-4-18(25(39)37-21-7-8-22(26(28,29)30)23(11-21)27(31,32)33)9-16(15)5-6-17-10-19(12-35-24(17)34)20-13-36-38(2)14-20/h3-4,7-14H,1-2H3,(H2,34,35)(H,37,39). The van der Waals surface area contributed by atoms with Crippen LogP contribution in [-0.2, 0) is 19.4 Å². The van der Waals surface area contributed by atoms with Crippen molar-refractivity contribution >= 4 is 17.4 Å². The van der Waals surface area contributed by atoms with E-state index < -0.39 is 35.1 Å². The van der Waals surface area contributed by atoms with Crippen LogP contribution in [0.5, 0.6) is 0 Å². The summed E-state index contributed by atoms with van der Waals surface area (Å²) in [5.74, 6) is 5.20. The SMILES string of the molecule is Cc1ccc(C(=O)Nc2ccc(C(F)(F)F)c(C(F)(F)F)c2)cc1C#Cc1cc(-c2cnn(C)c2)cnc1N. The van der Waals surface area contributed by atoms with Gasteiger partial charge >= 0.3 is 12.4 Å². The zero-order chi connectivity index (χ0) is 28.5. The van der Waals surface area contributed by atoms with Gasteiger partial charge in [-0.3, -0.25) is 9.48 Å². The molecule has 0 spiro atoms. The van der Waals surface area contributed by atoms with E-state index in [4.69, 9.17) is 5.73 Å². The number of hydrogen-bond donors (Lipinski definition) is 2. The van der Waals surface area contributed by atoms with Gasteiger partial charge in [-0.2, -0.15) is 31.4 Å². The predicted molar refractivity (Wildman–Crippen MR) is 132 cm³/mol. The average molecular weight is 543 g/mol. The van der Waals surface area contributed by atoms with Crippen molar-refractivity contribution in [2.75, 3.05) is 11.1 Å². The molecular weight excluding hydrogens is 524 g/mol. The van der Waals surface area contributed by atoms with Crippen LogP contribution in [0.1, 0.15) is 38.2 Å². The number of nitrogens with two attached hydrogens (primary N) is 1. The van der Waals surface area contributed by atoms with Crippen LogP contribution in [0.4, 0.5) is 37.8 Å². The summed E-state index contributed by atoms with van der Waals surface area (Å²) < 4.78 is 80.5. The van der Waals surface area contributed by atoms with Crippen molar-refractivity contribution in [1.29, 1.82) is 0 Å². The van der Waals surface area contributed by atoms with Crippen molar-refractivity contribution in [3.05, 3.63) is 94.4 Å². The third kappa shape index (κ3) is 6.20. The molecule has 0 bridgehead atoms. The zero-order valence-corrected chi connectivity index (χ0v) is 20.4. The molecule has 0 atom stereocenters. The van der Waals surface area contributed by atoms with E-state index in [0.29, 0.717) is 16.7 Å². The molecule has 2 aromatic heterocycles. The highest BCUT2D eigenvalue weighted by atomic mass is 19.4. The first-order valence-electron chi connectivity index (χ1n) is 11.2. The molecule has 6 nitrogen and oxygen atoms in total. The number of carbonyl (C=O) groups excluding carboxylic acids is 1. The van der Waals surface area contributed by atoms with Crippen LogP contribution >= 0.6 is 0 Å². The molecule has 39 heavy (non-hydrogen) atoms. The number of nitrogens with one attached hydrogen (secondary N) is 1. The molecule has 2 heterocycles. The normalized spacial score (nSPS) is 11.6. The number of pyridine rings is 1. The first kappa shape index (κ1) is 27.3. The maximum Gasteiger partial charge on any atom is 0.417 e. The number of aromatic nitrogens is 3. The van der Waals surface area contributed by atoms with E-state index >= 15 is 0 Å². The summed E-state index contributed by atoms with van der Waals surface area (Å²) in [6, 6.07) is 7.45. The summed E-state index contributed by atoms with van der Waals surface area (Å²) in [6.45, 7) is 1.74. The summed E-state index contributed by atoms with van der Waals surface area (Å²) >= 11 is 0. The molecule has 0 aliphatic rings. The van der Waals surface area contributed by atoms with Crippen molar-refractivity contribution in [1.82, 2.24) is 14.8 Å². The topological polar surface area (TPSA) is 85.8 Å². The van der Waals surface area contributed by atoms with Crippen molar-refractivity contribution in [2.24, 2.45) is 7.05 Å². The van der Waals surface area contributed by atoms with Crippen LogP contribution in [0.15, 0.2) is 61.1 Å². The van der Waals surface area contributed by atoms with Crippen molar-refractivity contribution in [3.63, 3.8) is 0 Å². The number of nitrogen functional groups attached to an aromatic ring is 1. The highest BCUT2D eigenvalue weighted by Crippen LogP contribution is 2.41. The lowest BCUT2D eigenvalue weighted by Gasteiger charge is -2.17. The van der Waals surface area contributed by atoms with Gasteiger partial charge < -0.3 is 11.1 Å².